The molecule has 0 aliphatic carbocycles. The van der Waals surface area contributed by atoms with Crippen molar-refractivity contribution in [3.63, 3.8) is 0 Å². The van der Waals surface area contributed by atoms with Crippen LogP contribution in [0.4, 0.5) is 0 Å². The van der Waals surface area contributed by atoms with Crippen molar-refractivity contribution in [2.45, 2.75) is 42.9 Å². The van der Waals surface area contributed by atoms with Gasteiger partial charge in [0.25, 0.3) is 0 Å². The van der Waals surface area contributed by atoms with Gasteiger partial charge in [-0.25, -0.2) is 4.79 Å². The minimum atomic E-state index is -0.0358. The Hall–Kier alpha value is -1.73. The van der Waals surface area contributed by atoms with Crippen LogP contribution in [0.1, 0.15) is 31.1 Å². The Balaban J connectivity index is 1.92. The standard InChI is InChI=1S/C20H22Cl2N4OS/c1-13(2)26-19(28-17-9-15(21)8-16(22)10-17)18(25(3)20(26)27)12-24-11-14-4-6-23-7-5-14/h4-10,13,24H,11-12H2,1-3H3. The third-order valence-corrected chi connectivity index (χ3v) is 5.83. The molecule has 148 valence electrons. The highest BCUT2D eigenvalue weighted by molar-refractivity contribution is 7.99. The fourth-order valence-electron chi connectivity index (χ4n) is 2.93. The van der Waals surface area contributed by atoms with Gasteiger partial charge in [-0.3, -0.25) is 14.1 Å². The molecule has 3 aromatic rings. The van der Waals surface area contributed by atoms with Crippen molar-refractivity contribution < 1.29 is 0 Å². The Morgan fingerprint density at radius 3 is 2.36 bits per heavy atom. The maximum atomic E-state index is 12.8. The number of nitrogens with one attached hydrogen (secondary N) is 1. The SMILES string of the molecule is CC(C)n1c(Sc2cc(Cl)cc(Cl)c2)c(CNCc2ccncc2)n(C)c1=O. The Kier molecular flexibility index (Phi) is 6.88. The molecule has 0 unspecified atom stereocenters. The van der Waals surface area contributed by atoms with Crippen molar-refractivity contribution in [3.8, 4) is 0 Å². The van der Waals surface area contributed by atoms with Gasteiger partial charge in [0.05, 0.1) is 5.69 Å². The van der Waals surface area contributed by atoms with E-state index in [4.69, 9.17) is 23.2 Å². The summed E-state index contributed by atoms with van der Waals surface area (Å²) in [4.78, 5) is 17.8. The molecule has 2 heterocycles. The molecular formula is C20H22Cl2N4OS. The summed E-state index contributed by atoms with van der Waals surface area (Å²) in [6.07, 6.45) is 3.54. The van der Waals surface area contributed by atoms with Crippen molar-refractivity contribution in [1.29, 1.82) is 0 Å². The molecule has 0 amide bonds. The van der Waals surface area contributed by atoms with Gasteiger partial charge >= 0.3 is 5.69 Å². The monoisotopic (exact) mass is 436 g/mol. The first kappa shape index (κ1) is 21.0. The van der Waals surface area contributed by atoms with Crippen LogP contribution in [0.5, 0.6) is 0 Å². The van der Waals surface area contributed by atoms with Crippen LogP contribution >= 0.6 is 35.0 Å². The Morgan fingerprint density at radius 1 is 1.11 bits per heavy atom. The van der Waals surface area contributed by atoms with Crippen LogP contribution in [0.25, 0.3) is 0 Å². The average molecular weight is 437 g/mol. The highest BCUT2D eigenvalue weighted by Crippen LogP contribution is 2.34. The van der Waals surface area contributed by atoms with Crippen LogP contribution in [0, 0.1) is 0 Å². The fourth-order valence-corrected chi connectivity index (χ4v) is 4.89. The first-order valence-corrected chi connectivity index (χ1v) is 10.5. The second-order valence-electron chi connectivity index (χ2n) is 6.72. The predicted octanol–water partition coefficient (Wildman–Crippen LogP) is 4.91. The molecule has 1 N–H and O–H groups in total. The zero-order valence-electron chi connectivity index (χ0n) is 15.9. The van der Waals surface area contributed by atoms with Gasteiger partial charge in [-0.05, 0) is 49.7 Å². The molecule has 28 heavy (non-hydrogen) atoms. The van der Waals surface area contributed by atoms with Crippen LogP contribution in [0.2, 0.25) is 10.0 Å². The second-order valence-corrected chi connectivity index (χ2v) is 8.66. The third kappa shape index (κ3) is 4.81. The number of benzene rings is 1. The van der Waals surface area contributed by atoms with E-state index in [9.17, 15) is 4.79 Å². The summed E-state index contributed by atoms with van der Waals surface area (Å²) >= 11 is 13.8. The lowest BCUT2D eigenvalue weighted by atomic mass is 10.2. The van der Waals surface area contributed by atoms with Gasteiger partial charge in [-0.1, -0.05) is 35.0 Å². The molecular weight excluding hydrogens is 415 g/mol. The molecule has 0 saturated heterocycles. The first-order valence-electron chi connectivity index (χ1n) is 8.90. The zero-order valence-corrected chi connectivity index (χ0v) is 18.3. The van der Waals surface area contributed by atoms with Crippen molar-refractivity contribution in [1.82, 2.24) is 19.4 Å². The minimum absolute atomic E-state index is 0.0322. The van der Waals surface area contributed by atoms with E-state index in [1.807, 2.05) is 42.7 Å². The maximum Gasteiger partial charge on any atom is 0.329 e. The fraction of sp³-hybridized carbons (Fsp3) is 0.300. The van der Waals surface area contributed by atoms with Gasteiger partial charge in [0.2, 0.25) is 0 Å². The highest BCUT2D eigenvalue weighted by Gasteiger charge is 2.20. The summed E-state index contributed by atoms with van der Waals surface area (Å²) in [6, 6.07) is 9.38. The molecule has 0 radical (unpaired) electrons. The van der Waals surface area contributed by atoms with Crippen LogP contribution in [0.3, 0.4) is 0 Å². The number of aromatic nitrogens is 3. The molecule has 0 spiro atoms. The summed E-state index contributed by atoms with van der Waals surface area (Å²) in [5, 5.41) is 5.45. The molecule has 0 aliphatic rings. The lowest BCUT2D eigenvalue weighted by Crippen LogP contribution is -2.25. The Labute approximate surface area is 178 Å². The molecule has 0 saturated carbocycles. The van der Waals surface area contributed by atoms with E-state index in [2.05, 4.69) is 10.3 Å². The molecule has 2 aromatic heterocycles. The Morgan fingerprint density at radius 2 is 1.75 bits per heavy atom. The molecule has 0 bridgehead atoms. The number of pyridine rings is 1. The van der Waals surface area contributed by atoms with E-state index in [-0.39, 0.29) is 11.7 Å². The number of hydrogen-bond acceptors (Lipinski definition) is 4. The van der Waals surface area contributed by atoms with Crippen molar-refractivity contribution >= 4 is 35.0 Å². The van der Waals surface area contributed by atoms with Gasteiger partial charge in [0, 0.05) is 53.5 Å². The topological polar surface area (TPSA) is 51.9 Å². The summed E-state index contributed by atoms with van der Waals surface area (Å²) in [6.45, 7) is 5.26. The van der Waals surface area contributed by atoms with Gasteiger partial charge in [0.15, 0.2) is 0 Å². The third-order valence-electron chi connectivity index (χ3n) is 4.30. The summed E-state index contributed by atoms with van der Waals surface area (Å²) in [7, 11) is 1.81. The van der Waals surface area contributed by atoms with Crippen LogP contribution in [-0.2, 0) is 20.1 Å². The quantitative estimate of drug-likeness (QED) is 0.571. The lowest BCUT2D eigenvalue weighted by Gasteiger charge is -2.13. The predicted molar refractivity (Wildman–Crippen MR) is 115 cm³/mol. The van der Waals surface area contributed by atoms with E-state index in [0.717, 1.165) is 21.2 Å². The number of halogens is 2. The lowest BCUT2D eigenvalue weighted by molar-refractivity contribution is 0.532. The van der Waals surface area contributed by atoms with Gasteiger partial charge in [0.1, 0.15) is 5.03 Å². The number of hydrogen-bond donors (Lipinski definition) is 1. The zero-order chi connectivity index (χ0) is 20.3. The van der Waals surface area contributed by atoms with E-state index >= 15 is 0 Å². The second kappa shape index (κ2) is 9.18. The highest BCUT2D eigenvalue weighted by atomic mass is 35.5. The van der Waals surface area contributed by atoms with Crippen molar-refractivity contribution in [2.24, 2.45) is 7.05 Å². The minimum Gasteiger partial charge on any atom is -0.307 e. The van der Waals surface area contributed by atoms with Gasteiger partial charge in [-0.2, -0.15) is 0 Å². The van der Waals surface area contributed by atoms with Crippen LogP contribution < -0.4 is 11.0 Å². The Bertz CT molecular complexity index is 995. The van der Waals surface area contributed by atoms with Crippen molar-refractivity contribution in [2.75, 3.05) is 0 Å². The largest absolute Gasteiger partial charge is 0.329 e. The molecule has 0 fully saturated rings. The van der Waals surface area contributed by atoms with E-state index in [0.29, 0.717) is 23.1 Å². The van der Waals surface area contributed by atoms with Gasteiger partial charge < -0.3 is 5.32 Å². The van der Waals surface area contributed by atoms with Crippen molar-refractivity contribution in [3.05, 3.63) is 74.5 Å². The molecule has 3 rings (SSSR count). The maximum absolute atomic E-state index is 12.8. The molecule has 8 heteroatoms. The number of nitrogens with zero attached hydrogens (tertiary/aromatic N) is 3. The number of rotatable bonds is 7. The average Bonchev–Trinajstić information content (AvgIpc) is 2.86. The molecule has 1 aromatic carbocycles. The van der Waals surface area contributed by atoms with E-state index in [1.165, 1.54) is 11.8 Å². The first-order chi connectivity index (χ1) is 13.4. The van der Waals surface area contributed by atoms with Crippen LogP contribution in [-0.4, -0.2) is 14.1 Å². The smallest absolute Gasteiger partial charge is 0.307 e. The normalized spacial score (nSPS) is 11.4. The molecule has 0 aliphatic heterocycles. The molecule has 5 nitrogen and oxygen atoms in total. The van der Waals surface area contributed by atoms with E-state index in [1.54, 1.807) is 30.1 Å². The summed E-state index contributed by atoms with van der Waals surface area (Å²) in [5.74, 6) is 0. The number of imidazole rings is 1. The summed E-state index contributed by atoms with van der Waals surface area (Å²) in [5.41, 5.74) is 2.03. The summed E-state index contributed by atoms with van der Waals surface area (Å²) < 4.78 is 3.51. The van der Waals surface area contributed by atoms with E-state index < -0.39 is 0 Å². The van der Waals surface area contributed by atoms with Crippen LogP contribution in [0.15, 0.2) is 57.4 Å². The molecule has 0 atom stereocenters. The van der Waals surface area contributed by atoms with Gasteiger partial charge in [-0.15, -0.1) is 0 Å².